The standard InChI is InChI=1S/C33H43N3O5/c1-8-9-10-16-25(26-17-18-27(39-5)30(41-7)29(26)40-6)28(33(2,3)4)32(38)35-23-14-11-13-22(20-23)31(37)36-24-15-12-19-34-21-24/h11-15,17-21,25,28H,8-10,16H2,1-7H3,(H,35,38)(H,36,37). The number of nitrogens with zero attached hydrogens (tertiary/aromatic N) is 1. The first-order valence-corrected chi connectivity index (χ1v) is 14.1. The third-order valence-electron chi connectivity index (χ3n) is 7.18. The van der Waals surface area contributed by atoms with Crippen LogP contribution in [0.1, 0.15) is 75.2 Å². The Morgan fingerprint density at radius 2 is 1.61 bits per heavy atom. The average Bonchev–Trinajstić information content (AvgIpc) is 2.95. The molecule has 2 aromatic carbocycles. The van der Waals surface area contributed by atoms with Crippen LogP contribution in [0, 0.1) is 11.3 Å². The Hall–Kier alpha value is -4.07. The van der Waals surface area contributed by atoms with Crippen LogP contribution in [0.25, 0.3) is 0 Å². The summed E-state index contributed by atoms with van der Waals surface area (Å²) in [5, 5.41) is 5.95. The van der Waals surface area contributed by atoms with Crippen LogP contribution >= 0.6 is 0 Å². The zero-order valence-corrected chi connectivity index (χ0v) is 25.2. The number of benzene rings is 2. The topological polar surface area (TPSA) is 98.8 Å². The van der Waals surface area contributed by atoms with E-state index in [0.717, 1.165) is 31.2 Å². The van der Waals surface area contributed by atoms with Gasteiger partial charge in [0.2, 0.25) is 11.7 Å². The molecule has 0 fully saturated rings. The molecule has 3 aromatic rings. The molecule has 41 heavy (non-hydrogen) atoms. The van der Waals surface area contributed by atoms with Crippen LogP contribution in [0.3, 0.4) is 0 Å². The average molecular weight is 562 g/mol. The van der Waals surface area contributed by atoms with Crippen molar-refractivity contribution in [3.63, 3.8) is 0 Å². The van der Waals surface area contributed by atoms with E-state index in [1.54, 1.807) is 70.1 Å². The number of nitrogens with one attached hydrogen (secondary N) is 2. The van der Waals surface area contributed by atoms with Crippen LogP contribution < -0.4 is 24.8 Å². The van der Waals surface area contributed by atoms with Gasteiger partial charge in [-0.3, -0.25) is 14.6 Å². The fourth-order valence-electron chi connectivity index (χ4n) is 5.31. The molecule has 1 aromatic heterocycles. The third kappa shape index (κ3) is 7.99. The molecule has 0 radical (unpaired) electrons. The smallest absolute Gasteiger partial charge is 0.255 e. The molecule has 2 unspecified atom stereocenters. The number of ether oxygens (including phenoxy) is 3. The summed E-state index contributed by atoms with van der Waals surface area (Å²) >= 11 is 0. The molecule has 2 amide bonds. The molecule has 3 rings (SSSR count). The minimum Gasteiger partial charge on any atom is -0.493 e. The Balaban J connectivity index is 1.98. The molecule has 8 nitrogen and oxygen atoms in total. The Morgan fingerprint density at radius 1 is 0.878 bits per heavy atom. The van der Waals surface area contributed by atoms with Gasteiger partial charge in [-0.2, -0.15) is 0 Å². The molecular weight excluding hydrogens is 518 g/mol. The number of hydrogen-bond acceptors (Lipinski definition) is 6. The number of methoxy groups -OCH3 is 3. The summed E-state index contributed by atoms with van der Waals surface area (Å²) in [5.41, 5.74) is 2.09. The van der Waals surface area contributed by atoms with Crippen molar-refractivity contribution in [2.75, 3.05) is 32.0 Å². The van der Waals surface area contributed by atoms with Gasteiger partial charge in [0.25, 0.3) is 5.91 Å². The van der Waals surface area contributed by atoms with E-state index in [4.69, 9.17) is 14.2 Å². The molecule has 1 heterocycles. The zero-order chi connectivity index (χ0) is 30.0. The molecule has 0 saturated heterocycles. The van der Waals surface area contributed by atoms with Crippen LogP contribution in [0.4, 0.5) is 11.4 Å². The maximum Gasteiger partial charge on any atom is 0.255 e. The van der Waals surface area contributed by atoms with E-state index < -0.39 is 11.3 Å². The van der Waals surface area contributed by atoms with E-state index >= 15 is 0 Å². The van der Waals surface area contributed by atoms with Crippen molar-refractivity contribution in [1.29, 1.82) is 0 Å². The highest BCUT2D eigenvalue weighted by atomic mass is 16.5. The summed E-state index contributed by atoms with van der Waals surface area (Å²) in [6.45, 7) is 8.40. The number of pyridine rings is 1. The summed E-state index contributed by atoms with van der Waals surface area (Å²) in [5.74, 6) is 0.665. The lowest BCUT2D eigenvalue weighted by atomic mass is 9.68. The van der Waals surface area contributed by atoms with E-state index in [2.05, 4.69) is 43.3 Å². The van der Waals surface area contributed by atoms with Gasteiger partial charge in [-0.1, -0.05) is 59.1 Å². The molecule has 0 aliphatic rings. The van der Waals surface area contributed by atoms with Crippen molar-refractivity contribution in [2.45, 2.75) is 59.3 Å². The maximum atomic E-state index is 14.1. The molecule has 220 valence electrons. The van der Waals surface area contributed by atoms with Gasteiger partial charge in [0.1, 0.15) is 0 Å². The van der Waals surface area contributed by atoms with Gasteiger partial charge in [-0.25, -0.2) is 0 Å². The van der Waals surface area contributed by atoms with Crippen LogP contribution in [0.2, 0.25) is 0 Å². The number of carbonyl (C=O) groups is 2. The Bertz CT molecular complexity index is 1300. The second-order valence-electron chi connectivity index (χ2n) is 11.1. The molecule has 0 saturated carbocycles. The Kier molecular flexibility index (Phi) is 11.1. The number of rotatable bonds is 13. The largest absolute Gasteiger partial charge is 0.493 e. The minimum atomic E-state index is -0.417. The summed E-state index contributed by atoms with van der Waals surface area (Å²) < 4.78 is 17.1. The molecule has 2 atom stereocenters. The number of carbonyl (C=O) groups excluding carboxylic acids is 2. The van der Waals surface area contributed by atoms with E-state index in [-0.39, 0.29) is 17.7 Å². The fraction of sp³-hybridized carbons (Fsp3) is 0.424. The highest BCUT2D eigenvalue weighted by molar-refractivity contribution is 6.05. The number of unbranched alkanes of at least 4 members (excludes halogenated alkanes) is 2. The quantitative estimate of drug-likeness (QED) is 0.212. The number of anilines is 2. The van der Waals surface area contributed by atoms with Crippen LogP contribution in [0.15, 0.2) is 60.9 Å². The highest BCUT2D eigenvalue weighted by Gasteiger charge is 2.40. The van der Waals surface area contributed by atoms with Gasteiger partial charge in [-0.15, -0.1) is 0 Å². The normalized spacial score (nSPS) is 12.7. The number of hydrogen-bond donors (Lipinski definition) is 2. The second-order valence-corrected chi connectivity index (χ2v) is 11.1. The number of aromatic nitrogens is 1. The lowest BCUT2D eigenvalue weighted by Crippen LogP contribution is -2.38. The SMILES string of the molecule is CCCCCC(c1ccc(OC)c(OC)c1OC)C(C(=O)Nc1cccc(C(=O)Nc2cccnc2)c1)C(C)(C)C. The van der Waals surface area contributed by atoms with E-state index in [1.807, 2.05) is 12.1 Å². The van der Waals surface area contributed by atoms with Gasteiger partial charge in [0.05, 0.1) is 39.1 Å². The van der Waals surface area contributed by atoms with E-state index in [9.17, 15) is 9.59 Å². The van der Waals surface area contributed by atoms with Crippen molar-refractivity contribution in [1.82, 2.24) is 4.98 Å². The van der Waals surface area contributed by atoms with E-state index in [1.165, 1.54) is 0 Å². The summed E-state index contributed by atoms with van der Waals surface area (Å²) in [6, 6.07) is 14.3. The Labute approximate surface area is 243 Å². The molecule has 0 aliphatic heterocycles. The zero-order valence-electron chi connectivity index (χ0n) is 25.2. The molecule has 0 aliphatic carbocycles. The van der Waals surface area contributed by atoms with Crippen LogP contribution in [0.5, 0.6) is 17.2 Å². The van der Waals surface area contributed by atoms with E-state index in [0.29, 0.717) is 34.2 Å². The first-order chi connectivity index (χ1) is 19.6. The van der Waals surface area contributed by atoms with Gasteiger partial charge in [0.15, 0.2) is 11.5 Å². The molecule has 0 bridgehead atoms. The summed E-state index contributed by atoms with van der Waals surface area (Å²) in [4.78, 5) is 31.1. The summed E-state index contributed by atoms with van der Waals surface area (Å²) in [6.07, 6.45) is 7.10. The highest BCUT2D eigenvalue weighted by Crippen LogP contribution is 2.49. The monoisotopic (exact) mass is 561 g/mol. The predicted molar refractivity (Wildman–Crippen MR) is 163 cm³/mol. The van der Waals surface area contributed by atoms with Crippen LogP contribution in [-0.2, 0) is 4.79 Å². The first-order valence-electron chi connectivity index (χ1n) is 14.1. The Morgan fingerprint density at radius 3 is 2.22 bits per heavy atom. The first kappa shape index (κ1) is 31.5. The molecule has 2 N–H and O–H groups in total. The third-order valence-corrected chi connectivity index (χ3v) is 7.18. The van der Waals surface area contributed by atoms with Crippen LogP contribution in [-0.4, -0.2) is 38.1 Å². The maximum absolute atomic E-state index is 14.1. The predicted octanol–water partition coefficient (Wildman–Crippen LogP) is 7.32. The van der Waals surface area contributed by atoms with Crippen molar-refractivity contribution >= 4 is 23.2 Å². The van der Waals surface area contributed by atoms with Gasteiger partial charge >= 0.3 is 0 Å². The van der Waals surface area contributed by atoms with Crippen molar-refractivity contribution < 1.29 is 23.8 Å². The van der Waals surface area contributed by atoms with Crippen molar-refractivity contribution in [3.05, 3.63) is 72.1 Å². The summed E-state index contributed by atoms with van der Waals surface area (Å²) in [7, 11) is 4.78. The minimum absolute atomic E-state index is 0.124. The lowest BCUT2D eigenvalue weighted by molar-refractivity contribution is -0.124. The fourth-order valence-corrected chi connectivity index (χ4v) is 5.31. The second kappa shape index (κ2) is 14.5. The molecule has 8 heteroatoms. The van der Waals surface area contributed by atoms with Gasteiger partial charge in [-0.05, 0) is 54.2 Å². The van der Waals surface area contributed by atoms with Gasteiger partial charge in [0, 0.05) is 23.0 Å². The lowest BCUT2D eigenvalue weighted by Gasteiger charge is -2.37. The van der Waals surface area contributed by atoms with Gasteiger partial charge < -0.3 is 24.8 Å². The number of amides is 2. The molecule has 0 spiro atoms. The van der Waals surface area contributed by atoms with Crippen molar-refractivity contribution in [2.24, 2.45) is 11.3 Å². The van der Waals surface area contributed by atoms with Crippen molar-refractivity contribution in [3.8, 4) is 17.2 Å². The molecular formula is C33H43N3O5.